The van der Waals surface area contributed by atoms with Crippen molar-refractivity contribution in [3.8, 4) is 5.75 Å². The number of Topliss-reactive ketones (excluding diaryl/α,β-unsaturated/α-hetero) is 1. The van der Waals surface area contributed by atoms with Crippen LogP contribution >= 0.6 is 0 Å². The van der Waals surface area contributed by atoms with E-state index in [-0.39, 0.29) is 23.6 Å². The van der Waals surface area contributed by atoms with E-state index in [1.54, 1.807) is 30.3 Å². The van der Waals surface area contributed by atoms with Crippen molar-refractivity contribution in [1.29, 1.82) is 0 Å². The lowest BCUT2D eigenvalue weighted by atomic mass is 9.91. The van der Waals surface area contributed by atoms with Crippen LogP contribution in [0.25, 0.3) is 10.8 Å². The Morgan fingerprint density at radius 1 is 1.12 bits per heavy atom. The van der Waals surface area contributed by atoms with E-state index in [4.69, 9.17) is 4.74 Å². The average Bonchev–Trinajstić information content (AvgIpc) is 2.76. The van der Waals surface area contributed by atoms with Crippen molar-refractivity contribution in [2.24, 2.45) is 11.1 Å². The first kappa shape index (κ1) is 25.6. The number of ketones is 1. The molecule has 0 saturated carbocycles. The molecule has 0 radical (unpaired) electrons. The van der Waals surface area contributed by atoms with Gasteiger partial charge in [-0.1, -0.05) is 56.5 Å². The van der Waals surface area contributed by atoms with Crippen LogP contribution in [0.5, 0.6) is 5.75 Å². The summed E-state index contributed by atoms with van der Waals surface area (Å²) in [7, 11) is -4.47. The molecule has 2 aromatic rings. The molecule has 6 nitrogen and oxygen atoms in total. The van der Waals surface area contributed by atoms with E-state index < -0.39 is 21.4 Å². The summed E-state index contributed by atoms with van der Waals surface area (Å²) in [6.45, 7) is 3.98. The smallest absolute Gasteiger partial charge is 0.497 e. The van der Waals surface area contributed by atoms with Gasteiger partial charge in [0.05, 0.1) is 7.11 Å². The molecule has 0 bridgehead atoms. The van der Waals surface area contributed by atoms with Gasteiger partial charge in [-0.15, -0.1) is 0 Å². The molecule has 176 valence electrons. The SMILES string of the molecule is CCCC(CC)CC/C(=N\OS(=O)(=O)C(F)(F)F)C(=O)c1cccc2cc(OC)ccc12. The number of carbonyl (C=O) groups is 1. The van der Waals surface area contributed by atoms with Crippen molar-refractivity contribution in [2.45, 2.75) is 51.5 Å². The monoisotopic (exact) mass is 473 g/mol. The summed E-state index contributed by atoms with van der Waals surface area (Å²) in [6, 6.07) is 9.89. The number of benzene rings is 2. The van der Waals surface area contributed by atoms with E-state index in [1.807, 2.05) is 13.8 Å². The maximum atomic E-state index is 13.2. The van der Waals surface area contributed by atoms with Crippen LogP contribution in [0.4, 0.5) is 13.2 Å². The highest BCUT2D eigenvalue weighted by Crippen LogP contribution is 2.27. The van der Waals surface area contributed by atoms with Gasteiger partial charge in [0.15, 0.2) is 0 Å². The lowest BCUT2D eigenvalue weighted by Crippen LogP contribution is -2.25. The molecule has 0 spiro atoms. The molecule has 10 heteroatoms. The Morgan fingerprint density at radius 2 is 1.84 bits per heavy atom. The Kier molecular flexibility index (Phi) is 8.65. The predicted molar refractivity (Wildman–Crippen MR) is 116 cm³/mol. The van der Waals surface area contributed by atoms with E-state index in [9.17, 15) is 26.4 Å². The van der Waals surface area contributed by atoms with E-state index in [2.05, 4.69) is 9.44 Å². The zero-order valence-electron chi connectivity index (χ0n) is 18.1. The number of oxime groups is 1. The normalized spacial score (nSPS) is 13.8. The van der Waals surface area contributed by atoms with E-state index in [1.165, 1.54) is 13.2 Å². The molecule has 2 aromatic carbocycles. The van der Waals surface area contributed by atoms with Crippen molar-refractivity contribution in [3.63, 3.8) is 0 Å². The van der Waals surface area contributed by atoms with Crippen molar-refractivity contribution in [2.75, 3.05) is 7.11 Å². The second kappa shape index (κ2) is 10.8. The molecule has 0 aliphatic carbocycles. The van der Waals surface area contributed by atoms with Crippen LogP contribution in [-0.2, 0) is 14.4 Å². The van der Waals surface area contributed by atoms with Crippen molar-refractivity contribution < 1.29 is 35.4 Å². The topological polar surface area (TPSA) is 82.0 Å². The largest absolute Gasteiger partial charge is 0.536 e. The molecular weight excluding hydrogens is 447 g/mol. The zero-order chi connectivity index (χ0) is 23.9. The van der Waals surface area contributed by atoms with Gasteiger partial charge in [0.25, 0.3) is 0 Å². The first-order valence-electron chi connectivity index (χ1n) is 10.2. The molecule has 0 heterocycles. The number of carbonyl (C=O) groups excluding carboxylic acids is 1. The maximum Gasteiger partial charge on any atom is 0.536 e. The van der Waals surface area contributed by atoms with Gasteiger partial charge in [0.2, 0.25) is 5.78 Å². The van der Waals surface area contributed by atoms with Crippen molar-refractivity contribution in [1.82, 2.24) is 0 Å². The number of hydrogen-bond acceptors (Lipinski definition) is 6. The van der Waals surface area contributed by atoms with Gasteiger partial charge >= 0.3 is 15.6 Å². The van der Waals surface area contributed by atoms with E-state index >= 15 is 0 Å². The Hall–Kier alpha value is -2.62. The fraction of sp³-hybridized carbons (Fsp3) is 0.455. The van der Waals surface area contributed by atoms with Crippen LogP contribution in [0, 0.1) is 5.92 Å². The molecule has 0 aromatic heterocycles. The minimum absolute atomic E-state index is 0.0166. The number of methoxy groups -OCH3 is 1. The Labute approximate surface area is 185 Å². The molecule has 0 amide bonds. The van der Waals surface area contributed by atoms with E-state index in [0.29, 0.717) is 22.9 Å². The van der Waals surface area contributed by atoms with Gasteiger partial charge in [-0.05, 0) is 47.7 Å². The number of halogens is 3. The Bertz CT molecular complexity index is 1080. The fourth-order valence-corrected chi connectivity index (χ4v) is 3.65. The number of rotatable bonds is 11. The van der Waals surface area contributed by atoms with Crippen molar-refractivity contribution in [3.05, 3.63) is 42.0 Å². The first-order chi connectivity index (χ1) is 15.0. The summed E-state index contributed by atoms with van der Waals surface area (Å²) < 4.78 is 69.7. The average molecular weight is 474 g/mol. The van der Waals surface area contributed by atoms with Crippen LogP contribution < -0.4 is 4.74 Å². The zero-order valence-corrected chi connectivity index (χ0v) is 18.9. The second-order valence-corrected chi connectivity index (χ2v) is 8.86. The first-order valence-corrected chi connectivity index (χ1v) is 11.6. The summed E-state index contributed by atoms with van der Waals surface area (Å²) >= 11 is 0. The second-order valence-electron chi connectivity index (χ2n) is 7.34. The summed E-state index contributed by atoms with van der Waals surface area (Å²) in [6.07, 6.45) is 3.03. The van der Waals surface area contributed by atoms with Gasteiger partial charge in [-0.2, -0.15) is 21.6 Å². The molecule has 1 atom stereocenters. The number of fused-ring (bicyclic) bond motifs is 1. The minimum atomic E-state index is -5.97. The minimum Gasteiger partial charge on any atom is -0.497 e. The molecule has 2 rings (SSSR count). The third-order valence-electron chi connectivity index (χ3n) is 5.19. The molecule has 0 aliphatic rings. The Balaban J connectivity index is 2.45. The van der Waals surface area contributed by atoms with Gasteiger partial charge in [0.1, 0.15) is 11.5 Å². The van der Waals surface area contributed by atoms with Gasteiger partial charge in [0, 0.05) is 5.56 Å². The van der Waals surface area contributed by atoms with Crippen molar-refractivity contribution >= 4 is 32.4 Å². The van der Waals surface area contributed by atoms with Gasteiger partial charge in [-0.3, -0.25) is 9.08 Å². The van der Waals surface area contributed by atoms with Crippen LogP contribution in [0.3, 0.4) is 0 Å². The lowest BCUT2D eigenvalue weighted by Gasteiger charge is -2.15. The van der Waals surface area contributed by atoms with Crippen LogP contribution in [0.15, 0.2) is 41.6 Å². The molecule has 0 aliphatic heterocycles. The summed E-state index contributed by atoms with van der Waals surface area (Å²) in [5.74, 6) is 0.0967. The number of alkyl halides is 3. The maximum absolute atomic E-state index is 13.2. The summed E-state index contributed by atoms with van der Waals surface area (Å²) in [5, 5.41) is 4.39. The third-order valence-corrected chi connectivity index (χ3v) is 6.02. The summed E-state index contributed by atoms with van der Waals surface area (Å²) in [4.78, 5) is 13.2. The standard InChI is InChI=1S/C22H26F3NO5S/c1-4-7-15(5-2)10-13-20(26-31-32(28,29)22(23,24)25)21(27)19-9-6-8-16-14-17(30-3)11-12-18(16)19/h6,8-9,11-12,14-15H,4-5,7,10,13H2,1-3H3/b26-20+. The number of hydrogen-bond donors (Lipinski definition) is 0. The van der Waals surface area contributed by atoms with E-state index in [0.717, 1.165) is 19.3 Å². The predicted octanol–water partition coefficient (Wildman–Crippen LogP) is 5.86. The summed E-state index contributed by atoms with van der Waals surface area (Å²) in [5.41, 5.74) is -5.84. The fourth-order valence-electron chi connectivity index (χ4n) is 3.38. The molecule has 0 N–H and O–H groups in total. The number of nitrogens with zero attached hydrogens (tertiary/aromatic N) is 1. The Morgan fingerprint density at radius 3 is 2.44 bits per heavy atom. The van der Waals surface area contributed by atoms with Crippen LogP contribution in [-0.4, -0.2) is 32.5 Å². The quantitative estimate of drug-likeness (QED) is 0.177. The van der Waals surface area contributed by atoms with Gasteiger partial charge < -0.3 is 4.74 Å². The molecule has 32 heavy (non-hydrogen) atoms. The van der Waals surface area contributed by atoms with Crippen LogP contribution in [0.2, 0.25) is 0 Å². The molecular formula is C22H26F3NO5S. The highest BCUT2D eigenvalue weighted by Gasteiger charge is 2.49. The molecule has 1 unspecified atom stereocenters. The highest BCUT2D eigenvalue weighted by atomic mass is 32.2. The molecule has 0 fully saturated rings. The number of ether oxygens (including phenoxy) is 1. The van der Waals surface area contributed by atoms with Gasteiger partial charge in [-0.25, -0.2) is 0 Å². The van der Waals surface area contributed by atoms with Crippen LogP contribution in [0.1, 0.15) is 56.3 Å². The molecule has 0 saturated heterocycles. The lowest BCUT2D eigenvalue weighted by molar-refractivity contribution is -0.0541. The third kappa shape index (κ3) is 6.21. The highest BCUT2D eigenvalue weighted by molar-refractivity contribution is 7.87.